The minimum atomic E-state index is -3.06. The lowest BCUT2D eigenvalue weighted by Gasteiger charge is -2.11. The quantitative estimate of drug-likeness (QED) is 0.513. The van der Waals surface area contributed by atoms with Gasteiger partial charge in [0, 0.05) is 14.2 Å². The molecular weight excluding hydrogens is 142 g/mol. The first-order chi connectivity index (χ1) is 3.98. The molecule has 0 aliphatic carbocycles. The molecule has 0 aliphatic rings. The van der Waals surface area contributed by atoms with Crippen molar-refractivity contribution < 1.29 is 13.2 Å². The molecule has 0 amide bonds. The fourth-order valence-corrected chi connectivity index (χ4v) is 0.574. The molecule has 4 nitrogen and oxygen atoms in total. The molecule has 0 atom stereocenters. The van der Waals surface area contributed by atoms with Gasteiger partial charge in [0.25, 0.3) is 0 Å². The number of hydrogen-bond acceptors (Lipinski definition) is 3. The van der Waals surface area contributed by atoms with Crippen LogP contribution < -0.4 is 0 Å². The molecule has 0 unspecified atom stereocenters. The lowest BCUT2D eigenvalue weighted by atomic mass is 11.1. The molecule has 0 N–H and O–H groups in total. The number of methoxy groups -OCH3 is 1. The fraction of sp³-hybridized carbons (Fsp3) is 1.00. The van der Waals surface area contributed by atoms with Gasteiger partial charge in [-0.05, 0) is 0 Å². The van der Waals surface area contributed by atoms with E-state index in [4.69, 9.17) is 0 Å². The fourth-order valence-electron chi connectivity index (χ4n) is 0.278. The molecule has 9 heavy (non-hydrogen) atoms. The second kappa shape index (κ2) is 3.14. The van der Waals surface area contributed by atoms with Crippen LogP contribution in [0.25, 0.3) is 0 Å². The van der Waals surface area contributed by atoms with Crippen LogP contribution in [-0.2, 0) is 14.8 Å². The highest BCUT2D eigenvalue weighted by molar-refractivity contribution is 7.88. The van der Waals surface area contributed by atoms with E-state index in [-0.39, 0.29) is 6.73 Å². The molecule has 0 saturated heterocycles. The summed E-state index contributed by atoms with van der Waals surface area (Å²) in [6.45, 7) is 0.110. The summed E-state index contributed by atoms with van der Waals surface area (Å²) in [5.74, 6) is 0. The topological polar surface area (TPSA) is 46.6 Å². The Hall–Kier alpha value is -0.130. The van der Waals surface area contributed by atoms with Crippen molar-refractivity contribution in [3.8, 4) is 0 Å². The van der Waals surface area contributed by atoms with Gasteiger partial charge in [-0.15, -0.1) is 0 Å². The van der Waals surface area contributed by atoms with E-state index in [0.717, 1.165) is 10.6 Å². The summed E-state index contributed by atoms with van der Waals surface area (Å²) in [5, 5.41) is 0. The number of sulfonamides is 1. The number of rotatable bonds is 3. The van der Waals surface area contributed by atoms with Gasteiger partial charge >= 0.3 is 0 Å². The number of ether oxygens (including phenoxy) is 1. The van der Waals surface area contributed by atoms with Gasteiger partial charge in [-0.2, -0.15) is 4.31 Å². The van der Waals surface area contributed by atoms with Crippen molar-refractivity contribution in [3.63, 3.8) is 0 Å². The molecule has 0 aliphatic heterocycles. The molecule has 0 fully saturated rings. The number of nitrogens with zero attached hydrogens (tertiary/aromatic N) is 1. The average Bonchev–Trinajstić information content (AvgIpc) is 1.64. The van der Waals surface area contributed by atoms with Crippen molar-refractivity contribution in [3.05, 3.63) is 0 Å². The molecule has 0 rings (SSSR count). The average molecular weight is 153 g/mol. The first-order valence-electron chi connectivity index (χ1n) is 2.38. The zero-order valence-electron chi connectivity index (χ0n) is 5.79. The van der Waals surface area contributed by atoms with E-state index >= 15 is 0 Å². The summed E-state index contributed by atoms with van der Waals surface area (Å²) in [6, 6.07) is 0. The van der Waals surface area contributed by atoms with E-state index in [1.54, 1.807) is 0 Å². The number of hydrogen-bond donors (Lipinski definition) is 0. The van der Waals surface area contributed by atoms with Crippen LogP contribution in [-0.4, -0.2) is 39.9 Å². The van der Waals surface area contributed by atoms with E-state index in [2.05, 4.69) is 4.74 Å². The van der Waals surface area contributed by atoms with Crippen LogP contribution in [0.5, 0.6) is 0 Å². The Morgan fingerprint density at radius 3 is 2.11 bits per heavy atom. The predicted molar refractivity (Wildman–Crippen MR) is 34.5 cm³/mol. The normalized spacial score (nSPS) is 12.4. The highest BCUT2D eigenvalue weighted by Crippen LogP contribution is 1.90. The minimum absolute atomic E-state index is 0.110. The van der Waals surface area contributed by atoms with E-state index in [1.807, 2.05) is 0 Å². The summed E-state index contributed by atoms with van der Waals surface area (Å²) in [6.07, 6.45) is 1.13. The van der Waals surface area contributed by atoms with Crippen LogP contribution in [0.1, 0.15) is 0 Å². The lowest BCUT2D eigenvalue weighted by Crippen LogP contribution is -2.27. The summed E-state index contributed by atoms with van der Waals surface area (Å²) in [7, 11) is -0.153. The van der Waals surface area contributed by atoms with Gasteiger partial charge < -0.3 is 4.74 Å². The molecule has 56 valence electrons. The maximum atomic E-state index is 10.6. The lowest BCUT2D eigenvalue weighted by molar-refractivity contribution is 0.131. The van der Waals surface area contributed by atoms with Crippen LogP contribution in [0.3, 0.4) is 0 Å². The Kier molecular flexibility index (Phi) is 3.10. The molecule has 0 aromatic carbocycles. The Bertz CT molecular complexity index is 163. The van der Waals surface area contributed by atoms with Gasteiger partial charge in [0.15, 0.2) is 0 Å². The van der Waals surface area contributed by atoms with Gasteiger partial charge in [0.2, 0.25) is 10.0 Å². The minimum Gasteiger partial charge on any atom is -0.368 e. The Morgan fingerprint density at radius 2 is 2.00 bits per heavy atom. The monoisotopic (exact) mass is 153 g/mol. The van der Waals surface area contributed by atoms with Gasteiger partial charge in [0.1, 0.15) is 6.73 Å². The van der Waals surface area contributed by atoms with Gasteiger partial charge in [-0.1, -0.05) is 0 Å². The Balaban J connectivity index is 3.90. The van der Waals surface area contributed by atoms with Crippen molar-refractivity contribution in [2.24, 2.45) is 0 Å². The van der Waals surface area contributed by atoms with Crippen molar-refractivity contribution in [1.82, 2.24) is 4.31 Å². The van der Waals surface area contributed by atoms with E-state index in [1.165, 1.54) is 14.2 Å². The van der Waals surface area contributed by atoms with E-state index < -0.39 is 10.0 Å². The Labute approximate surface area is 55.5 Å². The molecule has 0 radical (unpaired) electrons. The summed E-state index contributed by atoms with van der Waals surface area (Å²) < 4.78 is 26.8. The third-order valence-corrected chi connectivity index (χ3v) is 2.11. The van der Waals surface area contributed by atoms with Gasteiger partial charge in [0.05, 0.1) is 6.26 Å². The van der Waals surface area contributed by atoms with Gasteiger partial charge in [-0.3, -0.25) is 0 Å². The highest BCUT2D eigenvalue weighted by Gasteiger charge is 2.08. The van der Waals surface area contributed by atoms with Crippen LogP contribution >= 0.6 is 0 Å². The molecule has 5 heteroatoms. The summed E-state index contributed by atoms with van der Waals surface area (Å²) in [4.78, 5) is 0. The third kappa shape index (κ3) is 3.45. The molecule has 0 aromatic rings. The zero-order valence-corrected chi connectivity index (χ0v) is 6.60. The predicted octanol–water partition coefficient (Wildman–Crippen LogP) is -0.518. The van der Waals surface area contributed by atoms with Crippen molar-refractivity contribution in [2.45, 2.75) is 0 Å². The second-order valence-corrected chi connectivity index (χ2v) is 3.87. The standard InChI is InChI=1S/C4H11NO3S/c1-5(4-8-2)9(3,6)7/h4H2,1-3H3. The first kappa shape index (κ1) is 8.87. The molecular formula is C4H11NO3S. The molecule has 0 saturated carbocycles. The largest absolute Gasteiger partial charge is 0.368 e. The van der Waals surface area contributed by atoms with Crippen molar-refractivity contribution in [1.29, 1.82) is 0 Å². The smallest absolute Gasteiger partial charge is 0.212 e. The van der Waals surface area contributed by atoms with E-state index in [0.29, 0.717) is 0 Å². The summed E-state index contributed by atoms with van der Waals surface area (Å²) >= 11 is 0. The SMILES string of the molecule is COCN(C)S(C)(=O)=O. The molecule has 0 bridgehead atoms. The highest BCUT2D eigenvalue weighted by atomic mass is 32.2. The van der Waals surface area contributed by atoms with Crippen molar-refractivity contribution in [2.75, 3.05) is 27.1 Å². The molecule has 0 spiro atoms. The van der Waals surface area contributed by atoms with E-state index in [9.17, 15) is 8.42 Å². The van der Waals surface area contributed by atoms with Crippen LogP contribution in [0.2, 0.25) is 0 Å². The third-order valence-electron chi connectivity index (χ3n) is 0.877. The first-order valence-corrected chi connectivity index (χ1v) is 4.23. The second-order valence-electron chi connectivity index (χ2n) is 1.78. The summed E-state index contributed by atoms with van der Waals surface area (Å²) in [5.41, 5.74) is 0. The van der Waals surface area contributed by atoms with Crippen LogP contribution in [0, 0.1) is 0 Å². The Morgan fingerprint density at radius 1 is 1.56 bits per heavy atom. The van der Waals surface area contributed by atoms with Crippen LogP contribution in [0.4, 0.5) is 0 Å². The molecule has 0 aromatic heterocycles. The maximum Gasteiger partial charge on any atom is 0.212 e. The maximum absolute atomic E-state index is 10.6. The van der Waals surface area contributed by atoms with Crippen LogP contribution in [0.15, 0.2) is 0 Å². The molecule has 0 heterocycles. The van der Waals surface area contributed by atoms with Gasteiger partial charge in [-0.25, -0.2) is 8.42 Å². The van der Waals surface area contributed by atoms with Crippen molar-refractivity contribution >= 4 is 10.0 Å². The zero-order chi connectivity index (χ0) is 7.49.